The molecule has 1 aromatic heterocycles. The Hall–Kier alpha value is -3.41. The van der Waals surface area contributed by atoms with Gasteiger partial charge in [-0.15, -0.1) is 0 Å². The van der Waals surface area contributed by atoms with Crippen LogP contribution < -0.4 is 10.8 Å². The number of carboxylic acids is 1. The standard InChI is InChI=1S/C19H15BN2O3/c20-15-8-14(10-21-11-15)18(23)22-17-9-13(6-7-16(17)19(24)25)12-4-2-1-3-5-12/h1-11H,20H2,(H,22,23)(H,24,25). The maximum Gasteiger partial charge on any atom is 0.337 e. The fourth-order valence-electron chi connectivity index (χ4n) is 2.52. The number of rotatable bonds is 4. The molecule has 25 heavy (non-hydrogen) atoms. The van der Waals surface area contributed by atoms with Crippen LogP contribution in [0.25, 0.3) is 11.1 Å². The maximum atomic E-state index is 12.4. The van der Waals surface area contributed by atoms with Gasteiger partial charge in [0.2, 0.25) is 0 Å². The SMILES string of the molecule is Bc1cncc(C(=O)Nc2cc(-c3ccccc3)ccc2C(=O)O)c1. The van der Waals surface area contributed by atoms with Gasteiger partial charge in [0.1, 0.15) is 7.85 Å². The Bertz CT molecular complexity index is 942. The van der Waals surface area contributed by atoms with Crippen LogP contribution in [0.3, 0.4) is 0 Å². The van der Waals surface area contributed by atoms with Gasteiger partial charge < -0.3 is 10.4 Å². The van der Waals surface area contributed by atoms with Gasteiger partial charge in [0, 0.05) is 12.4 Å². The van der Waals surface area contributed by atoms with Gasteiger partial charge in [-0.3, -0.25) is 9.78 Å². The number of benzene rings is 2. The van der Waals surface area contributed by atoms with Crippen molar-refractivity contribution in [2.45, 2.75) is 0 Å². The van der Waals surface area contributed by atoms with E-state index in [0.717, 1.165) is 16.6 Å². The molecule has 2 aromatic carbocycles. The largest absolute Gasteiger partial charge is 0.478 e. The molecule has 122 valence electrons. The number of anilines is 1. The molecule has 6 heteroatoms. The normalized spacial score (nSPS) is 10.2. The number of hydrogen-bond donors (Lipinski definition) is 2. The first-order valence-electron chi connectivity index (χ1n) is 7.70. The van der Waals surface area contributed by atoms with E-state index in [4.69, 9.17) is 0 Å². The van der Waals surface area contributed by atoms with Crippen LogP contribution in [0.15, 0.2) is 67.0 Å². The average molecular weight is 330 g/mol. The molecule has 0 spiro atoms. The molecule has 0 bridgehead atoms. The fraction of sp³-hybridized carbons (Fsp3) is 0. The Morgan fingerprint density at radius 3 is 2.40 bits per heavy atom. The molecule has 0 unspecified atom stereocenters. The number of aromatic nitrogens is 1. The van der Waals surface area contributed by atoms with Crippen molar-refractivity contribution in [2.75, 3.05) is 5.32 Å². The lowest BCUT2D eigenvalue weighted by molar-refractivity contribution is 0.0698. The van der Waals surface area contributed by atoms with Crippen molar-refractivity contribution in [2.24, 2.45) is 0 Å². The highest BCUT2D eigenvalue weighted by atomic mass is 16.4. The Morgan fingerprint density at radius 2 is 1.72 bits per heavy atom. The molecule has 2 N–H and O–H groups in total. The van der Waals surface area contributed by atoms with Crippen LogP contribution in [0, 0.1) is 0 Å². The van der Waals surface area contributed by atoms with E-state index in [9.17, 15) is 14.7 Å². The van der Waals surface area contributed by atoms with E-state index in [1.54, 1.807) is 24.4 Å². The number of pyridine rings is 1. The molecule has 0 fully saturated rings. The monoisotopic (exact) mass is 330 g/mol. The summed E-state index contributed by atoms with van der Waals surface area (Å²) in [5.74, 6) is -1.50. The predicted octanol–water partition coefficient (Wildman–Crippen LogP) is 1.96. The van der Waals surface area contributed by atoms with E-state index in [-0.39, 0.29) is 11.3 Å². The minimum absolute atomic E-state index is 0.0358. The van der Waals surface area contributed by atoms with E-state index in [2.05, 4.69) is 10.3 Å². The maximum absolute atomic E-state index is 12.4. The molecule has 0 atom stereocenters. The third-order valence-corrected chi connectivity index (χ3v) is 3.74. The van der Waals surface area contributed by atoms with E-state index in [1.807, 2.05) is 38.2 Å². The first kappa shape index (κ1) is 16.5. The Labute approximate surface area is 145 Å². The number of carbonyl (C=O) groups is 2. The summed E-state index contributed by atoms with van der Waals surface area (Å²) in [5.41, 5.74) is 3.27. The van der Waals surface area contributed by atoms with Gasteiger partial charge >= 0.3 is 5.97 Å². The van der Waals surface area contributed by atoms with Crippen molar-refractivity contribution in [1.82, 2.24) is 4.98 Å². The van der Waals surface area contributed by atoms with Crippen LogP contribution in [0.5, 0.6) is 0 Å². The van der Waals surface area contributed by atoms with Gasteiger partial charge in [0.15, 0.2) is 0 Å². The van der Waals surface area contributed by atoms with E-state index >= 15 is 0 Å². The summed E-state index contributed by atoms with van der Waals surface area (Å²) in [7, 11) is 1.84. The summed E-state index contributed by atoms with van der Waals surface area (Å²) in [4.78, 5) is 27.9. The summed E-state index contributed by atoms with van der Waals surface area (Å²) >= 11 is 0. The van der Waals surface area contributed by atoms with Gasteiger partial charge in [-0.25, -0.2) is 4.79 Å². The zero-order valence-corrected chi connectivity index (χ0v) is 13.6. The lowest BCUT2D eigenvalue weighted by Crippen LogP contribution is -2.17. The van der Waals surface area contributed by atoms with Gasteiger partial charge in [-0.1, -0.05) is 47.9 Å². The third-order valence-electron chi connectivity index (χ3n) is 3.74. The average Bonchev–Trinajstić information content (AvgIpc) is 2.62. The zero-order valence-electron chi connectivity index (χ0n) is 13.6. The molecule has 1 amide bonds. The van der Waals surface area contributed by atoms with Crippen LogP contribution in [0.1, 0.15) is 20.7 Å². The lowest BCUT2D eigenvalue weighted by Gasteiger charge is -2.11. The molecule has 1 heterocycles. The van der Waals surface area contributed by atoms with Crippen molar-refractivity contribution in [1.29, 1.82) is 0 Å². The summed E-state index contributed by atoms with van der Waals surface area (Å²) in [5, 5.41) is 12.1. The Balaban J connectivity index is 1.98. The van der Waals surface area contributed by atoms with Gasteiger partial charge in [-0.2, -0.15) is 0 Å². The highest BCUT2D eigenvalue weighted by Gasteiger charge is 2.15. The van der Waals surface area contributed by atoms with Crippen molar-refractivity contribution >= 4 is 30.9 Å². The molecular weight excluding hydrogens is 315 g/mol. The molecule has 0 aliphatic rings. The second-order valence-corrected chi connectivity index (χ2v) is 5.64. The quantitative estimate of drug-likeness (QED) is 0.717. The number of nitrogens with one attached hydrogen (secondary N) is 1. The second-order valence-electron chi connectivity index (χ2n) is 5.64. The number of carbonyl (C=O) groups excluding carboxylic acids is 1. The summed E-state index contributed by atoms with van der Waals surface area (Å²) in [6, 6.07) is 16.1. The lowest BCUT2D eigenvalue weighted by atomic mass is 9.97. The number of nitrogens with zero attached hydrogens (tertiary/aromatic N) is 1. The molecule has 0 saturated heterocycles. The van der Waals surface area contributed by atoms with Gasteiger partial charge in [-0.05, 0) is 23.3 Å². The molecule has 0 saturated carbocycles. The third kappa shape index (κ3) is 3.75. The molecular formula is C19H15BN2O3. The number of amides is 1. The second kappa shape index (κ2) is 7.01. The minimum Gasteiger partial charge on any atom is -0.478 e. The highest BCUT2D eigenvalue weighted by Crippen LogP contribution is 2.26. The number of carboxylic acid groups (broad SMARTS) is 1. The van der Waals surface area contributed by atoms with Crippen LogP contribution in [0.2, 0.25) is 0 Å². The molecule has 5 nitrogen and oxygen atoms in total. The van der Waals surface area contributed by atoms with Gasteiger partial charge in [0.25, 0.3) is 5.91 Å². The van der Waals surface area contributed by atoms with Crippen molar-refractivity contribution in [3.05, 3.63) is 78.1 Å². The Kier molecular flexibility index (Phi) is 4.61. The van der Waals surface area contributed by atoms with Crippen molar-refractivity contribution in [3.63, 3.8) is 0 Å². The summed E-state index contributed by atoms with van der Waals surface area (Å²) in [6.07, 6.45) is 3.10. The van der Waals surface area contributed by atoms with Crippen LogP contribution >= 0.6 is 0 Å². The molecule has 0 radical (unpaired) electrons. The van der Waals surface area contributed by atoms with Crippen molar-refractivity contribution in [3.8, 4) is 11.1 Å². The molecule has 0 aliphatic carbocycles. The summed E-state index contributed by atoms with van der Waals surface area (Å²) in [6.45, 7) is 0. The molecule has 3 rings (SSSR count). The van der Waals surface area contributed by atoms with E-state index < -0.39 is 11.9 Å². The van der Waals surface area contributed by atoms with Gasteiger partial charge in [0.05, 0.1) is 16.8 Å². The smallest absolute Gasteiger partial charge is 0.337 e. The van der Waals surface area contributed by atoms with E-state index in [1.165, 1.54) is 12.3 Å². The zero-order chi connectivity index (χ0) is 17.8. The number of aromatic carboxylic acids is 1. The topological polar surface area (TPSA) is 79.3 Å². The molecule has 0 aliphatic heterocycles. The van der Waals surface area contributed by atoms with Crippen LogP contribution in [-0.2, 0) is 0 Å². The van der Waals surface area contributed by atoms with Crippen LogP contribution in [-0.4, -0.2) is 29.8 Å². The minimum atomic E-state index is -1.10. The highest BCUT2D eigenvalue weighted by molar-refractivity contribution is 6.32. The van der Waals surface area contributed by atoms with Crippen molar-refractivity contribution < 1.29 is 14.7 Å². The number of hydrogen-bond acceptors (Lipinski definition) is 3. The summed E-state index contributed by atoms with van der Waals surface area (Å²) < 4.78 is 0. The van der Waals surface area contributed by atoms with Crippen LogP contribution in [0.4, 0.5) is 5.69 Å². The predicted molar refractivity (Wildman–Crippen MR) is 99.2 cm³/mol. The molecule has 3 aromatic rings. The fourth-order valence-corrected chi connectivity index (χ4v) is 2.52. The van der Waals surface area contributed by atoms with E-state index in [0.29, 0.717) is 5.56 Å². The Morgan fingerprint density at radius 1 is 0.960 bits per heavy atom. The first-order chi connectivity index (χ1) is 12.0. The first-order valence-corrected chi connectivity index (χ1v) is 7.70.